The highest BCUT2D eigenvalue weighted by Crippen LogP contribution is 2.18. The van der Waals surface area contributed by atoms with Crippen molar-refractivity contribution in [1.82, 2.24) is 4.57 Å². The van der Waals surface area contributed by atoms with Crippen LogP contribution in [0.25, 0.3) is 0 Å². The molecule has 1 aromatic heterocycles. The maximum Gasteiger partial charge on any atom is 0.210 e. The Bertz CT molecular complexity index is 349. The second-order valence-corrected chi connectivity index (χ2v) is 4.27. The molecule has 0 aliphatic rings. The number of nitrogens with zero attached hydrogens (tertiary/aromatic N) is 1. The summed E-state index contributed by atoms with van der Waals surface area (Å²) < 4.78 is 3.22. The normalized spacial score (nSPS) is 10.4. The van der Waals surface area contributed by atoms with Crippen molar-refractivity contribution < 1.29 is 0 Å². The largest absolute Gasteiger partial charge is 0.350 e. The van der Waals surface area contributed by atoms with Gasteiger partial charge in [-0.25, -0.2) is 0 Å². The number of hydrogen-bond donors (Lipinski definition) is 0. The van der Waals surface area contributed by atoms with Gasteiger partial charge in [-0.05, 0) is 45.7 Å². The van der Waals surface area contributed by atoms with Gasteiger partial charge in [-0.1, -0.05) is 0 Å². The summed E-state index contributed by atoms with van der Waals surface area (Å²) in [5.41, 5.74) is 1.91. The van der Waals surface area contributed by atoms with Crippen LogP contribution in [0.3, 0.4) is 0 Å². The molecule has 0 fully saturated rings. The van der Waals surface area contributed by atoms with Crippen molar-refractivity contribution in [2.75, 3.05) is 0 Å². The standard InChI is InChI=1S/C8H9Br2NO/c1-4-6(9)8(12)7(10)5(2)11(4)3/h1-3H3. The van der Waals surface area contributed by atoms with Crippen LogP contribution in [0.15, 0.2) is 13.7 Å². The molecule has 2 nitrogen and oxygen atoms in total. The van der Waals surface area contributed by atoms with E-state index in [2.05, 4.69) is 31.9 Å². The van der Waals surface area contributed by atoms with E-state index in [9.17, 15) is 4.79 Å². The van der Waals surface area contributed by atoms with Crippen LogP contribution in [0.1, 0.15) is 11.4 Å². The number of aromatic nitrogens is 1. The summed E-state index contributed by atoms with van der Waals surface area (Å²) in [6.07, 6.45) is 0. The Hall–Kier alpha value is -0.0900. The van der Waals surface area contributed by atoms with E-state index in [1.807, 2.05) is 25.5 Å². The molecule has 0 N–H and O–H groups in total. The van der Waals surface area contributed by atoms with E-state index in [0.29, 0.717) is 8.95 Å². The van der Waals surface area contributed by atoms with E-state index >= 15 is 0 Å². The first-order valence-corrected chi connectivity index (χ1v) is 5.06. The van der Waals surface area contributed by atoms with Crippen LogP contribution in [0, 0.1) is 13.8 Å². The molecule has 0 bridgehead atoms. The lowest BCUT2D eigenvalue weighted by molar-refractivity contribution is 0.800. The van der Waals surface area contributed by atoms with Crippen molar-refractivity contribution in [1.29, 1.82) is 0 Å². The van der Waals surface area contributed by atoms with Gasteiger partial charge in [0.1, 0.15) is 0 Å². The van der Waals surface area contributed by atoms with Crippen LogP contribution >= 0.6 is 31.9 Å². The molecule has 0 atom stereocenters. The lowest BCUT2D eigenvalue weighted by Gasteiger charge is -2.11. The molecule has 0 amide bonds. The summed E-state index contributed by atoms with van der Waals surface area (Å²) in [7, 11) is 1.93. The molecule has 0 saturated carbocycles. The Morgan fingerprint density at radius 1 is 1.08 bits per heavy atom. The first-order chi connectivity index (χ1) is 5.46. The van der Waals surface area contributed by atoms with E-state index in [4.69, 9.17) is 0 Å². The zero-order chi connectivity index (χ0) is 9.46. The third-order valence-corrected chi connectivity index (χ3v) is 3.91. The smallest absolute Gasteiger partial charge is 0.210 e. The summed E-state index contributed by atoms with van der Waals surface area (Å²) in [5, 5.41) is 0. The van der Waals surface area contributed by atoms with Crippen LogP contribution in [-0.4, -0.2) is 4.57 Å². The molecule has 0 aromatic carbocycles. The first-order valence-electron chi connectivity index (χ1n) is 3.48. The highest BCUT2D eigenvalue weighted by molar-refractivity contribution is 9.11. The van der Waals surface area contributed by atoms with Crippen molar-refractivity contribution in [3.63, 3.8) is 0 Å². The van der Waals surface area contributed by atoms with Gasteiger partial charge >= 0.3 is 0 Å². The van der Waals surface area contributed by atoms with Crippen LogP contribution in [0.5, 0.6) is 0 Å². The van der Waals surface area contributed by atoms with Crippen LogP contribution in [0.2, 0.25) is 0 Å². The van der Waals surface area contributed by atoms with Crippen molar-refractivity contribution >= 4 is 31.9 Å². The second kappa shape index (κ2) is 3.34. The van der Waals surface area contributed by atoms with Crippen molar-refractivity contribution in [2.24, 2.45) is 7.05 Å². The Balaban J connectivity index is 3.73. The quantitative estimate of drug-likeness (QED) is 0.721. The Kier molecular flexibility index (Phi) is 2.78. The zero-order valence-corrected chi connectivity index (χ0v) is 10.3. The Morgan fingerprint density at radius 3 is 1.75 bits per heavy atom. The molecule has 0 unspecified atom stereocenters. The first kappa shape index (κ1) is 9.99. The van der Waals surface area contributed by atoms with Gasteiger partial charge in [-0.3, -0.25) is 4.79 Å². The zero-order valence-electron chi connectivity index (χ0n) is 7.11. The molecule has 1 heterocycles. The van der Waals surface area contributed by atoms with E-state index in [-0.39, 0.29) is 5.43 Å². The number of halogens is 2. The lowest BCUT2D eigenvalue weighted by atomic mass is 10.3. The summed E-state index contributed by atoms with van der Waals surface area (Å²) in [6.45, 7) is 3.82. The highest BCUT2D eigenvalue weighted by Gasteiger charge is 2.10. The molecule has 0 aliphatic carbocycles. The van der Waals surface area contributed by atoms with Gasteiger partial charge in [0.15, 0.2) is 0 Å². The molecule has 0 aliphatic heterocycles. The van der Waals surface area contributed by atoms with E-state index in [0.717, 1.165) is 11.4 Å². The summed E-state index contributed by atoms with van der Waals surface area (Å²) in [6, 6.07) is 0. The third kappa shape index (κ3) is 1.38. The van der Waals surface area contributed by atoms with Gasteiger partial charge < -0.3 is 4.57 Å². The Morgan fingerprint density at radius 2 is 1.42 bits per heavy atom. The molecule has 4 heteroatoms. The molecule has 1 rings (SSSR count). The summed E-state index contributed by atoms with van der Waals surface area (Å²) in [5.74, 6) is 0. The van der Waals surface area contributed by atoms with E-state index in [1.165, 1.54) is 0 Å². The fourth-order valence-electron chi connectivity index (χ4n) is 0.971. The minimum absolute atomic E-state index is 0.0168. The van der Waals surface area contributed by atoms with Crippen LogP contribution in [0.4, 0.5) is 0 Å². The topological polar surface area (TPSA) is 22.0 Å². The number of pyridine rings is 1. The van der Waals surface area contributed by atoms with Gasteiger partial charge in [0.25, 0.3) is 0 Å². The lowest BCUT2D eigenvalue weighted by Crippen LogP contribution is -2.14. The molecular formula is C8H9Br2NO. The monoisotopic (exact) mass is 293 g/mol. The predicted octanol–water partition coefficient (Wildman–Crippen LogP) is 2.53. The fraction of sp³-hybridized carbons (Fsp3) is 0.375. The molecule has 0 saturated heterocycles. The minimum Gasteiger partial charge on any atom is -0.350 e. The van der Waals surface area contributed by atoms with Gasteiger partial charge in [-0.15, -0.1) is 0 Å². The molecule has 12 heavy (non-hydrogen) atoms. The van der Waals surface area contributed by atoms with Crippen molar-refractivity contribution in [2.45, 2.75) is 13.8 Å². The van der Waals surface area contributed by atoms with E-state index in [1.54, 1.807) is 0 Å². The number of hydrogen-bond acceptors (Lipinski definition) is 1. The molecule has 1 aromatic rings. The van der Waals surface area contributed by atoms with Crippen LogP contribution in [-0.2, 0) is 7.05 Å². The number of rotatable bonds is 0. The SMILES string of the molecule is Cc1c(Br)c(=O)c(Br)c(C)n1C. The predicted molar refractivity (Wildman–Crippen MR) is 56.6 cm³/mol. The maximum absolute atomic E-state index is 11.5. The maximum atomic E-state index is 11.5. The minimum atomic E-state index is 0.0168. The molecule has 66 valence electrons. The molecule has 0 spiro atoms. The second-order valence-electron chi connectivity index (χ2n) is 2.69. The average Bonchev–Trinajstić information content (AvgIpc) is 2.08. The summed E-state index contributed by atoms with van der Waals surface area (Å²) >= 11 is 6.50. The third-order valence-electron chi connectivity index (χ3n) is 2.04. The van der Waals surface area contributed by atoms with Gasteiger partial charge in [0, 0.05) is 18.4 Å². The van der Waals surface area contributed by atoms with Gasteiger partial charge in [0.2, 0.25) is 5.43 Å². The van der Waals surface area contributed by atoms with Crippen molar-refractivity contribution in [3.05, 3.63) is 30.6 Å². The average molecular weight is 295 g/mol. The van der Waals surface area contributed by atoms with Crippen LogP contribution < -0.4 is 5.43 Å². The van der Waals surface area contributed by atoms with E-state index < -0.39 is 0 Å². The van der Waals surface area contributed by atoms with Gasteiger partial charge in [-0.2, -0.15) is 0 Å². The Labute approximate surface area is 87.9 Å². The van der Waals surface area contributed by atoms with Gasteiger partial charge in [0.05, 0.1) is 8.95 Å². The highest BCUT2D eigenvalue weighted by atomic mass is 79.9. The molecular weight excluding hydrogens is 286 g/mol. The fourth-order valence-corrected chi connectivity index (χ4v) is 2.17. The van der Waals surface area contributed by atoms with Crippen molar-refractivity contribution in [3.8, 4) is 0 Å². The summed E-state index contributed by atoms with van der Waals surface area (Å²) in [4.78, 5) is 11.5. The molecule has 0 radical (unpaired) electrons.